The van der Waals surface area contributed by atoms with E-state index in [1.807, 2.05) is 18.2 Å². The largest absolute Gasteiger partial charge is 0.493 e. The third-order valence-corrected chi connectivity index (χ3v) is 3.37. The Morgan fingerprint density at radius 3 is 2.41 bits per heavy atom. The highest BCUT2D eigenvalue weighted by Crippen LogP contribution is 2.33. The third-order valence-electron chi connectivity index (χ3n) is 3.37. The Morgan fingerprint density at radius 1 is 1.23 bits per heavy atom. The fraction of sp³-hybridized carbons (Fsp3) is 0.562. The van der Waals surface area contributed by atoms with Crippen molar-refractivity contribution in [1.29, 1.82) is 0 Å². The van der Waals surface area contributed by atoms with Gasteiger partial charge in [-0.15, -0.1) is 24.0 Å². The lowest BCUT2D eigenvalue weighted by molar-refractivity contribution is 0.353. The molecule has 6 heteroatoms. The molecule has 0 aliphatic rings. The van der Waals surface area contributed by atoms with Gasteiger partial charge >= 0.3 is 0 Å². The summed E-state index contributed by atoms with van der Waals surface area (Å²) in [6.45, 7) is 7.79. The predicted molar refractivity (Wildman–Crippen MR) is 103 cm³/mol. The number of hydrogen-bond acceptors (Lipinski definition) is 3. The first-order valence-electron chi connectivity index (χ1n) is 7.21. The van der Waals surface area contributed by atoms with E-state index in [9.17, 15) is 0 Å². The maximum atomic E-state index is 5.84. The van der Waals surface area contributed by atoms with Gasteiger partial charge in [0.25, 0.3) is 0 Å². The van der Waals surface area contributed by atoms with Crippen LogP contribution in [0.5, 0.6) is 11.5 Å². The molecule has 0 saturated carbocycles. The molecule has 0 heterocycles. The van der Waals surface area contributed by atoms with E-state index in [2.05, 4.69) is 31.1 Å². The number of hydrogen-bond donors (Lipinski definition) is 2. The van der Waals surface area contributed by atoms with E-state index in [4.69, 9.17) is 15.2 Å². The van der Waals surface area contributed by atoms with E-state index in [1.165, 1.54) is 0 Å². The van der Waals surface area contributed by atoms with Crippen LogP contribution in [0.1, 0.15) is 32.8 Å². The van der Waals surface area contributed by atoms with E-state index in [0.717, 1.165) is 30.0 Å². The summed E-state index contributed by atoms with van der Waals surface area (Å²) in [4.78, 5) is 4.42. The topological polar surface area (TPSA) is 68.9 Å². The van der Waals surface area contributed by atoms with Crippen molar-refractivity contribution in [3.63, 3.8) is 0 Å². The van der Waals surface area contributed by atoms with Gasteiger partial charge in [-0.05, 0) is 24.1 Å². The first-order chi connectivity index (χ1) is 9.94. The van der Waals surface area contributed by atoms with Crippen molar-refractivity contribution in [3.8, 4) is 11.5 Å². The van der Waals surface area contributed by atoms with Crippen LogP contribution >= 0.6 is 24.0 Å². The molecule has 0 aliphatic heterocycles. The molecule has 0 spiro atoms. The minimum Gasteiger partial charge on any atom is -0.493 e. The zero-order chi connectivity index (χ0) is 15.9. The molecule has 0 amide bonds. The predicted octanol–water partition coefficient (Wildman–Crippen LogP) is 2.91. The summed E-state index contributed by atoms with van der Waals surface area (Å²) in [7, 11) is 3.27. The quantitative estimate of drug-likeness (QED) is 0.404. The molecule has 0 fully saturated rings. The standard InChI is InChI=1S/C16H27N3O2.HI/c1-6-9-18-15(17)19-11-16(2,3)12-7-8-13(20-4)14(10-12)21-5;/h7-8,10H,6,9,11H2,1-5H3,(H3,17,18,19);1H. The van der Waals surface area contributed by atoms with Crippen molar-refractivity contribution in [2.75, 3.05) is 27.3 Å². The van der Waals surface area contributed by atoms with Crippen LogP contribution in [0.2, 0.25) is 0 Å². The molecule has 126 valence electrons. The second-order valence-electron chi connectivity index (χ2n) is 5.58. The second-order valence-corrected chi connectivity index (χ2v) is 5.58. The van der Waals surface area contributed by atoms with E-state index >= 15 is 0 Å². The normalized spacial score (nSPS) is 11.6. The molecule has 0 unspecified atom stereocenters. The van der Waals surface area contributed by atoms with Gasteiger partial charge in [-0.1, -0.05) is 26.8 Å². The summed E-state index contributed by atoms with van der Waals surface area (Å²) < 4.78 is 10.6. The number of aliphatic imine (C=N–C) groups is 1. The van der Waals surface area contributed by atoms with Crippen LogP contribution in [-0.4, -0.2) is 33.3 Å². The first-order valence-corrected chi connectivity index (χ1v) is 7.21. The molecule has 22 heavy (non-hydrogen) atoms. The van der Waals surface area contributed by atoms with Crippen LogP contribution in [-0.2, 0) is 5.41 Å². The molecule has 0 aromatic heterocycles. The summed E-state index contributed by atoms with van der Waals surface area (Å²) in [5.74, 6) is 1.94. The Hall–Kier alpha value is -1.18. The molecular formula is C16H28IN3O2. The Bertz CT molecular complexity index is 490. The van der Waals surface area contributed by atoms with Gasteiger partial charge in [0.15, 0.2) is 17.5 Å². The average Bonchev–Trinajstić information content (AvgIpc) is 2.50. The van der Waals surface area contributed by atoms with Gasteiger partial charge in [0, 0.05) is 12.0 Å². The zero-order valence-electron chi connectivity index (χ0n) is 14.1. The molecule has 0 aliphatic carbocycles. The maximum Gasteiger partial charge on any atom is 0.188 e. The summed E-state index contributed by atoms with van der Waals surface area (Å²) in [5, 5.41) is 3.08. The minimum atomic E-state index is -0.141. The lowest BCUT2D eigenvalue weighted by atomic mass is 9.84. The van der Waals surface area contributed by atoms with Crippen molar-refractivity contribution >= 4 is 29.9 Å². The Morgan fingerprint density at radius 2 is 1.86 bits per heavy atom. The summed E-state index contributed by atoms with van der Waals surface area (Å²) in [6, 6.07) is 5.94. The van der Waals surface area contributed by atoms with Crippen molar-refractivity contribution in [1.82, 2.24) is 5.32 Å². The third kappa shape index (κ3) is 5.90. The molecule has 1 aromatic rings. The number of nitrogens with zero attached hydrogens (tertiary/aromatic N) is 1. The van der Waals surface area contributed by atoms with Gasteiger partial charge in [0.2, 0.25) is 0 Å². The smallest absolute Gasteiger partial charge is 0.188 e. The molecule has 0 bridgehead atoms. The van der Waals surface area contributed by atoms with E-state index in [0.29, 0.717) is 12.5 Å². The lowest BCUT2D eigenvalue weighted by Crippen LogP contribution is -2.34. The molecule has 1 rings (SSSR count). The molecule has 1 aromatic carbocycles. The van der Waals surface area contributed by atoms with Gasteiger partial charge in [0.05, 0.1) is 20.8 Å². The number of ether oxygens (including phenoxy) is 2. The molecule has 3 N–H and O–H groups in total. The van der Waals surface area contributed by atoms with Crippen molar-refractivity contribution < 1.29 is 9.47 Å². The molecule has 0 saturated heterocycles. The van der Waals surface area contributed by atoms with Crippen molar-refractivity contribution in [2.24, 2.45) is 10.7 Å². The Labute approximate surface area is 150 Å². The van der Waals surface area contributed by atoms with Crippen LogP contribution in [0.15, 0.2) is 23.2 Å². The second kappa shape index (κ2) is 9.76. The van der Waals surface area contributed by atoms with Crippen molar-refractivity contribution in [2.45, 2.75) is 32.6 Å². The first kappa shape index (κ1) is 20.8. The van der Waals surface area contributed by atoms with Gasteiger partial charge in [-0.3, -0.25) is 4.99 Å². The van der Waals surface area contributed by atoms with Gasteiger partial charge < -0.3 is 20.5 Å². The fourth-order valence-electron chi connectivity index (χ4n) is 1.94. The van der Waals surface area contributed by atoms with Gasteiger partial charge in [-0.25, -0.2) is 0 Å². The number of methoxy groups -OCH3 is 2. The van der Waals surface area contributed by atoms with Gasteiger partial charge in [-0.2, -0.15) is 0 Å². The number of nitrogens with one attached hydrogen (secondary N) is 1. The number of benzene rings is 1. The molecule has 5 nitrogen and oxygen atoms in total. The van der Waals surface area contributed by atoms with Crippen LogP contribution in [0.3, 0.4) is 0 Å². The number of halogens is 1. The Kier molecular flexibility index (Phi) is 9.24. The lowest BCUT2D eigenvalue weighted by Gasteiger charge is -2.24. The number of nitrogens with two attached hydrogens (primary N) is 1. The SMILES string of the molecule is CCCNC(N)=NCC(C)(C)c1ccc(OC)c(OC)c1.I. The van der Waals surface area contributed by atoms with Crippen molar-refractivity contribution in [3.05, 3.63) is 23.8 Å². The summed E-state index contributed by atoms with van der Waals surface area (Å²) in [5.41, 5.74) is 6.83. The fourth-order valence-corrected chi connectivity index (χ4v) is 1.94. The highest BCUT2D eigenvalue weighted by molar-refractivity contribution is 14.0. The molecular weight excluding hydrogens is 393 g/mol. The maximum absolute atomic E-state index is 5.84. The van der Waals surface area contributed by atoms with Crippen LogP contribution in [0, 0.1) is 0 Å². The summed E-state index contributed by atoms with van der Waals surface area (Å²) >= 11 is 0. The van der Waals surface area contributed by atoms with Crippen LogP contribution < -0.4 is 20.5 Å². The Balaban J connectivity index is 0.00000441. The number of rotatable bonds is 7. The monoisotopic (exact) mass is 421 g/mol. The zero-order valence-corrected chi connectivity index (χ0v) is 16.4. The van der Waals surface area contributed by atoms with E-state index in [-0.39, 0.29) is 29.4 Å². The minimum absolute atomic E-state index is 0. The van der Waals surface area contributed by atoms with E-state index in [1.54, 1.807) is 14.2 Å². The summed E-state index contributed by atoms with van der Waals surface area (Å²) in [6.07, 6.45) is 1.02. The average molecular weight is 421 g/mol. The molecule has 0 radical (unpaired) electrons. The number of guanidine groups is 1. The highest BCUT2D eigenvalue weighted by Gasteiger charge is 2.22. The van der Waals surface area contributed by atoms with Crippen LogP contribution in [0.25, 0.3) is 0 Å². The molecule has 0 atom stereocenters. The van der Waals surface area contributed by atoms with E-state index < -0.39 is 0 Å². The van der Waals surface area contributed by atoms with Gasteiger partial charge in [0.1, 0.15) is 0 Å². The van der Waals surface area contributed by atoms with Crippen LogP contribution in [0.4, 0.5) is 0 Å². The highest BCUT2D eigenvalue weighted by atomic mass is 127.